The number of aromatic nitrogens is 1. The molecule has 0 bridgehead atoms. The van der Waals surface area contributed by atoms with Crippen molar-refractivity contribution in [2.75, 3.05) is 0 Å². The minimum Gasteiger partial charge on any atom is -0.295 e. The molecule has 2 aromatic rings. The van der Waals surface area contributed by atoms with Crippen LogP contribution in [0.4, 0.5) is 0 Å². The van der Waals surface area contributed by atoms with Crippen molar-refractivity contribution >= 4 is 21.6 Å². The van der Waals surface area contributed by atoms with E-state index in [-0.39, 0.29) is 5.54 Å². The third-order valence-corrected chi connectivity index (χ3v) is 3.42. The normalized spacial score (nSPS) is 11.6. The van der Waals surface area contributed by atoms with E-state index in [9.17, 15) is 0 Å². The molecule has 0 amide bonds. The molecule has 0 atom stereocenters. The van der Waals surface area contributed by atoms with Crippen LogP contribution in [-0.4, -0.2) is 10.5 Å². The Morgan fingerprint density at radius 1 is 1.44 bits per heavy atom. The van der Waals surface area contributed by atoms with Crippen LogP contribution >= 0.6 is 11.3 Å². The maximum absolute atomic E-state index is 5.42. The first-order chi connectivity index (χ1) is 7.61. The molecule has 1 N–H and O–H groups in total. The number of terminal acetylenes is 1. The Morgan fingerprint density at radius 3 is 2.88 bits per heavy atom. The lowest BCUT2D eigenvalue weighted by atomic mass is 10.1. The number of hydrogen-bond acceptors (Lipinski definition) is 3. The second-order valence-electron chi connectivity index (χ2n) is 4.20. The van der Waals surface area contributed by atoms with Gasteiger partial charge < -0.3 is 0 Å². The van der Waals surface area contributed by atoms with Gasteiger partial charge in [-0.2, -0.15) is 0 Å². The number of nitrogens with one attached hydrogen (secondary N) is 1. The Balaban J connectivity index is 2.14. The van der Waals surface area contributed by atoms with Crippen LogP contribution in [0.15, 0.2) is 24.3 Å². The lowest BCUT2D eigenvalue weighted by Crippen LogP contribution is -2.36. The first kappa shape index (κ1) is 11.1. The van der Waals surface area contributed by atoms with Crippen molar-refractivity contribution in [2.24, 2.45) is 0 Å². The summed E-state index contributed by atoms with van der Waals surface area (Å²) in [5, 5.41) is 4.37. The van der Waals surface area contributed by atoms with E-state index >= 15 is 0 Å². The van der Waals surface area contributed by atoms with Crippen molar-refractivity contribution in [1.29, 1.82) is 0 Å². The minimum atomic E-state index is -0.280. The van der Waals surface area contributed by atoms with Crippen LogP contribution in [0.5, 0.6) is 0 Å². The molecule has 0 unspecified atom stereocenters. The van der Waals surface area contributed by atoms with Gasteiger partial charge in [-0.1, -0.05) is 18.1 Å². The summed E-state index contributed by atoms with van der Waals surface area (Å²) in [6.07, 6.45) is 5.42. The Bertz CT molecular complexity index is 501. The van der Waals surface area contributed by atoms with Gasteiger partial charge in [0.2, 0.25) is 0 Å². The first-order valence-electron chi connectivity index (χ1n) is 5.18. The number of rotatable bonds is 3. The lowest BCUT2D eigenvalue weighted by molar-refractivity contribution is 0.490. The van der Waals surface area contributed by atoms with Crippen molar-refractivity contribution < 1.29 is 0 Å². The Kier molecular flexibility index (Phi) is 2.95. The molecular formula is C13H14N2S. The molecule has 0 saturated heterocycles. The van der Waals surface area contributed by atoms with Gasteiger partial charge in [-0.25, -0.2) is 4.98 Å². The van der Waals surface area contributed by atoms with E-state index in [1.165, 1.54) is 4.70 Å². The molecule has 82 valence electrons. The highest BCUT2D eigenvalue weighted by atomic mass is 32.1. The van der Waals surface area contributed by atoms with Crippen LogP contribution in [0.25, 0.3) is 10.2 Å². The van der Waals surface area contributed by atoms with Gasteiger partial charge in [-0.3, -0.25) is 5.32 Å². The molecule has 0 fully saturated rings. The molecule has 0 spiro atoms. The third kappa shape index (κ3) is 2.41. The summed E-state index contributed by atoms with van der Waals surface area (Å²) in [6.45, 7) is 4.69. The number of hydrogen-bond donors (Lipinski definition) is 1. The number of nitrogens with zero attached hydrogens (tertiary/aromatic N) is 1. The molecule has 16 heavy (non-hydrogen) atoms. The number of para-hydroxylation sites is 1. The van der Waals surface area contributed by atoms with E-state index in [4.69, 9.17) is 6.42 Å². The van der Waals surface area contributed by atoms with Gasteiger partial charge in [0.1, 0.15) is 5.01 Å². The largest absolute Gasteiger partial charge is 0.295 e. The Morgan fingerprint density at radius 2 is 2.19 bits per heavy atom. The van der Waals surface area contributed by atoms with Crippen molar-refractivity contribution in [2.45, 2.75) is 25.9 Å². The van der Waals surface area contributed by atoms with E-state index in [1.54, 1.807) is 11.3 Å². The SMILES string of the molecule is C#CC(C)(C)NCc1nc2ccccc2s1. The average molecular weight is 230 g/mol. The van der Waals surface area contributed by atoms with Crippen molar-refractivity contribution in [3.63, 3.8) is 0 Å². The monoisotopic (exact) mass is 230 g/mol. The van der Waals surface area contributed by atoms with Gasteiger partial charge in [-0.05, 0) is 26.0 Å². The molecule has 0 saturated carbocycles. The fraction of sp³-hybridized carbons (Fsp3) is 0.308. The second kappa shape index (κ2) is 4.25. The van der Waals surface area contributed by atoms with Gasteiger partial charge in [0.15, 0.2) is 0 Å². The molecule has 3 heteroatoms. The van der Waals surface area contributed by atoms with Gasteiger partial charge in [0.25, 0.3) is 0 Å². The molecule has 1 aromatic heterocycles. The summed E-state index contributed by atoms with van der Waals surface area (Å²) in [5.74, 6) is 2.71. The number of fused-ring (bicyclic) bond motifs is 1. The summed E-state index contributed by atoms with van der Waals surface area (Å²) in [6, 6.07) is 8.15. The quantitative estimate of drug-likeness (QED) is 0.820. The summed E-state index contributed by atoms with van der Waals surface area (Å²) in [5.41, 5.74) is 0.778. The van der Waals surface area contributed by atoms with Crippen LogP contribution < -0.4 is 5.32 Å². The molecule has 1 heterocycles. The fourth-order valence-corrected chi connectivity index (χ4v) is 2.25. The van der Waals surface area contributed by atoms with Crippen LogP contribution in [0.3, 0.4) is 0 Å². The van der Waals surface area contributed by atoms with Gasteiger partial charge in [0, 0.05) is 6.54 Å². The Labute approximate surface area is 99.7 Å². The van der Waals surface area contributed by atoms with Crippen molar-refractivity contribution in [3.05, 3.63) is 29.3 Å². The van der Waals surface area contributed by atoms with E-state index < -0.39 is 0 Å². The smallest absolute Gasteiger partial charge is 0.108 e. The average Bonchev–Trinajstić information content (AvgIpc) is 2.69. The zero-order chi connectivity index (χ0) is 11.6. The van der Waals surface area contributed by atoms with Crippen LogP contribution in [0, 0.1) is 12.3 Å². The van der Waals surface area contributed by atoms with Crippen LogP contribution in [-0.2, 0) is 6.54 Å². The highest BCUT2D eigenvalue weighted by Gasteiger charge is 2.13. The summed E-state index contributed by atoms with van der Waals surface area (Å²) >= 11 is 1.71. The number of thiazole rings is 1. The highest BCUT2D eigenvalue weighted by Crippen LogP contribution is 2.21. The maximum Gasteiger partial charge on any atom is 0.108 e. The van der Waals surface area contributed by atoms with E-state index in [2.05, 4.69) is 22.3 Å². The molecular weight excluding hydrogens is 216 g/mol. The lowest BCUT2D eigenvalue weighted by Gasteiger charge is -2.18. The van der Waals surface area contributed by atoms with E-state index in [1.807, 2.05) is 32.0 Å². The first-order valence-corrected chi connectivity index (χ1v) is 6.00. The Hall–Kier alpha value is -1.37. The van der Waals surface area contributed by atoms with Crippen molar-refractivity contribution in [1.82, 2.24) is 10.3 Å². The molecule has 0 aliphatic heterocycles. The zero-order valence-corrected chi connectivity index (χ0v) is 10.3. The molecule has 1 aromatic carbocycles. The summed E-state index contributed by atoms with van der Waals surface area (Å²) in [4.78, 5) is 4.54. The molecule has 2 nitrogen and oxygen atoms in total. The van der Waals surface area contributed by atoms with Gasteiger partial charge >= 0.3 is 0 Å². The van der Waals surface area contributed by atoms with Gasteiger partial charge in [0.05, 0.1) is 15.8 Å². The standard InChI is InChI=1S/C13H14N2S/c1-4-13(2,3)14-9-12-15-10-7-5-6-8-11(10)16-12/h1,5-8,14H,9H2,2-3H3. The molecule has 0 aliphatic carbocycles. The third-order valence-electron chi connectivity index (χ3n) is 2.38. The number of benzene rings is 1. The topological polar surface area (TPSA) is 24.9 Å². The fourth-order valence-electron chi connectivity index (χ4n) is 1.34. The van der Waals surface area contributed by atoms with E-state index in [0.29, 0.717) is 0 Å². The van der Waals surface area contributed by atoms with Crippen LogP contribution in [0.2, 0.25) is 0 Å². The molecule has 2 rings (SSSR count). The van der Waals surface area contributed by atoms with Gasteiger partial charge in [-0.15, -0.1) is 17.8 Å². The predicted molar refractivity (Wildman–Crippen MR) is 69.4 cm³/mol. The predicted octanol–water partition coefficient (Wildman–Crippen LogP) is 2.80. The highest BCUT2D eigenvalue weighted by molar-refractivity contribution is 7.18. The van der Waals surface area contributed by atoms with Crippen molar-refractivity contribution in [3.8, 4) is 12.3 Å². The van der Waals surface area contributed by atoms with Crippen LogP contribution in [0.1, 0.15) is 18.9 Å². The van der Waals surface area contributed by atoms with E-state index in [0.717, 1.165) is 17.1 Å². The molecule has 0 radical (unpaired) electrons. The summed E-state index contributed by atoms with van der Waals surface area (Å²) in [7, 11) is 0. The second-order valence-corrected chi connectivity index (χ2v) is 5.31. The summed E-state index contributed by atoms with van der Waals surface area (Å²) < 4.78 is 1.22. The zero-order valence-electron chi connectivity index (χ0n) is 9.45. The molecule has 0 aliphatic rings. The minimum absolute atomic E-state index is 0.280. The maximum atomic E-state index is 5.42.